The Hall–Kier alpha value is -1.75. The van der Waals surface area contributed by atoms with Crippen molar-refractivity contribution in [2.75, 3.05) is 19.3 Å². The summed E-state index contributed by atoms with van der Waals surface area (Å²) in [6, 6.07) is 1.78. The molecule has 0 bridgehead atoms. The summed E-state index contributed by atoms with van der Waals surface area (Å²) < 4.78 is 0. The van der Waals surface area contributed by atoms with Crippen molar-refractivity contribution in [3.8, 4) is 6.07 Å². The van der Waals surface area contributed by atoms with Gasteiger partial charge in [-0.2, -0.15) is 17.0 Å². The van der Waals surface area contributed by atoms with E-state index in [1.807, 2.05) is 0 Å². The number of aliphatic carboxylic acids is 1. The number of thioether (sulfide) groups is 1. The molecule has 0 aromatic rings. The molecule has 3 N–H and O–H groups in total. The molecule has 0 saturated heterocycles. The average Bonchev–Trinajstić information content (AvgIpc) is 2.34. The molecule has 0 aliphatic heterocycles. The molecule has 0 aromatic carbocycles. The summed E-state index contributed by atoms with van der Waals surface area (Å²) in [5, 5.41) is 21.1. The van der Waals surface area contributed by atoms with E-state index < -0.39 is 17.1 Å². The lowest BCUT2D eigenvalue weighted by atomic mass is 10.3. The molecule has 0 aliphatic carbocycles. The first kappa shape index (κ1) is 16.2. The van der Waals surface area contributed by atoms with E-state index in [2.05, 4.69) is 10.6 Å². The smallest absolute Gasteiger partial charge is 0.303 e. The van der Waals surface area contributed by atoms with E-state index in [0.717, 1.165) is 0 Å². The van der Waals surface area contributed by atoms with Gasteiger partial charge in [-0.05, 0) is 6.26 Å². The first-order chi connectivity index (χ1) is 8.51. The lowest BCUT2D eigenvalue weighted by Gasteiger charge is -2.14. The van der Waals surface area contributed by atoms with E-state index in [4.69, 9.17) is 10.4 Å². The lowest BCUT2D eigenvalue weighted by Crippen LogP contribution is -2.41. The molecule has 1 unspecified atom stereocenters. The van der Waals surface area contributed by atoms with Crippen molar-refractivity contribution >= 4 is 29.5 Å². The predicted octanol–water partition coefficient (Wildman–Crippen LogP) is -0.661. The highest BCUT2D eigenvalue weighted by molar-refractivity contribution is 7.99. The summed E-state index contributed by atoms with van der Waals surface area (Å²) in [6.45, 7) is 0.0275. The molecule has 0 fully saturated rings. The standard InChI is InChI=1S/C10H15N3O4S/c1-18-7(10(17)12-5-4-11)6-13-8(14)2-3-9(15)16/h7H,2-3,5-6H2,1H3,(H,12,17)(H,13,14)(H,15,16). The summed E-state index contributed by atoms with van der Waals surface area (Å²) in [5.41, 5.74) is 0. The van der Waals surface area contributed by atoms with Gasteiger partial charge >= 0.3 is 5.97 Å². The number of rotatable bonds is 8. The van der Waals surface area contributed by atoms with E-state index in [1.165, 1.54) is 11.8 Å². The average molecular weight is 273 g/mol. The minimum absolute atomic E-state index is 0.0805. The molecule has 0 heterocycles. The maximum Gasteiger partial charge on any atom is 0.303 e. The molecule has 0 rings (SSSR count). The van der Waals surface area contributed by atoms with Crippen molar-refractivity contribution in [1.29, 1.82) is 5.26 Å². The third-order valence-corrected chi connectivity index (χ3v) is 2.92. The van der Waals surface area contributed by atoms with Crippen LogP contribution >= 0.6 is 11.8 Å². The van der Waals surface area contributed by atoms with E-state index in [0.29, 0.717) is 0 Å². The fraction of sp³-hybridized carbons (Fsp3) is 0.600. The Balaban J connectivity index is 3.99. The van der Waals surface area contributed by atoms with Crippen molar-refractivity contribution in [3.05, 3.63) is 0 Å². The number of nitriles is 1. The SMILES string of the molecule is CSC(CNC(=O)CCC(=O)O)C(=O)NCC#N. The summed E-state index contributed by atoms with van der Waals surface area (Å²) in [7, 11) is 0. The van der Waals surface area contributed by atoms with Crippen molar-refractivity contribution in [1.82, 2.24) is 10.6 Å². The normalized spacial score (nSPS) is 11.1. The number of carboxylic acids is 1. The highest BCUT2D eigenvalue weighted by Crippen LogP contribution is 2.05. The van der Waals surface area contributed by atoms with Gasteiger partial charge in [0.2, 0.25) is 11.8 Å². The maximum atomic E-state index is 11.5. The van der Waals surface area contributed by atoms with E-state index in [-0.39, 0.29) is 31.8 Å². The highest BCUT2D eigenvalue weighted by Gasteiger charge is 2.17. The van der Waals surface area contributed by atoms with Crippen LogP contribution < -0.4 is 10.6 Å². The van der Waals surface area contributed by atoms with Gasteiger partial charge in [-0.3, -0.25) is 14.4 Å². The molecule has 8 heteroatoms. The van der Waals surface area contributed by atoms with Gasteiger partial charge in [0.25, 0.3) is 0 Å². The zero-order valence-electron chi connectivity index (χ0n) is 9.93. The van der Waals surface area contributed by atoms with Crippen LogP contribution in [0.4, 0.5) is 0 Å². The van der Waals surface area contributed by atoms with Gasteiger partial charge in [-0.15, -0.1) is 0 Å². The zero-order valence-corrected chi connectivity index (χ0v) is 10.7. The Bertz CT molecular complexity index is 354. The van der Waals surface area contributed by atoms with Crippen LogP contribution in [-0.4, -0.2) is 47.5 Å². The third kappa shape index (κ3) is 7.51. The Morgan fingerprint density at radius 3 is 2.50 bits per heavy atom. The molecule has 7 nitrogen and oxygen atoms in total. The summed E-state index contributed by atoms with van der Waals surface area (Å²) in [6.07, 6.45) is 1.35. The topological polar surface area (TPSA) is 119 Å². The molecule has 100 valence electrons. The molecule has 0 radical (unpaired) electrons. The van der Waals surface area contributed by atoms with Crippen LogP contribution in [0.2, 0.25) is 0 Å². The van der Waals surface area contributed by atoms with Gasteiger partial charge in [-0.1, -0.05) is 0 Å². The number of carbonyl (C=O) groups excluding carboxylic acids is 2. The fourth-order valence-corrected chi connectivity index (χ4v) is 1.59. The minimum Gasteiger partial charge on any atom is -0.481 e. The Kier molecular flexibility index (Phi) is 8.39. The number of nitrogens with zero attached hydrogens (tertiary/aromatic N) is 1. The van der Waals surface area contributed by atoms with E-state index in [9.17, 15) is 14.4 Å². The Morgan fingerprint density at radius 2 is 2.00 bits per heavy atom. The van der Waals surface area contributed by atoms with Gasteiger partial charge in [0, 0.05) is 13.0 Å². The van der Waals surface area contributed by atoms with Gasteiger partial charge in [0.1, 0.15) is 11.8 Å². The molecular formula is C10H15N3O4S. The van der Waals surface area contributed by atoms with Gasteiger partial charge < -0.3 is 15.7 Å². The lowest BCUT2D eigenvalue weighted by molar-refractivity contribution is -0.138. The molecular weight excluding hydrogens is 258 g/mol. The second-order valence-electron chi connectivity index (χ2n) is 3.30. The maximum absolute atomic E-state index is 11.5. The van der Waals surface area contributed by atoms with Crippen molar-refractivity contribution < 1.29 is 19.5 Å². The number of carbonyl (C=O) groups is 3. The van der Waals surface area contributed by atoms with Crippen LogP contribution in [0.1, 0.15) is 12.8 Å². The largest absolute Gasteiger partial charge is 0.481 e. The first-order valence-electron chi connectivity index (χ1n) is 5.17. The summed E-state index contributed by atoms with van der Waals surface area (Å²) >= 11 is 1.24. The van der Waals surface area contributed by atoms with Crippen LogP contribution in [-0.2, 0) is 14.4 Å². The fourth-order valence-electron chi connectivity index (χ4n) is 1.04. The van der Waals surface area contributed by atoms with E-state index in [1.54, 1.807) is 12.3 Å². The van der Waals surface area contributed by atoms with Crippen LogP contribution in [0.5, 0.6) is 0 Å². The Labute approximate surface area is 109 Å². The highest BCUT2D eigenvalue weighted by atomic mass is 32.2. The van der Waals surface area contributed by atoms with Crippen molar-refractivity contribution in [2.45, 2.75) is 18.1 Å². The molecule has 0 spiro atoms. The number of hydrogen-bond acceptors (Lipinski definition) is 5. The van der Waals surface area contributed by atoms with Crippen LogP contribution in [0, 0.1) is 11.3 Å². The number of amides is 2. The first-order valence-corrected chi connectivity index (χ1v) is 6.46. The zero-order chi connectivity index (χ0) is 14.0. The van der Waals surface area contributed by atoms with Crippen LogP contribution in [0.3, 0.4) is 0 Å². The molecule has 2 amide bonds. The van der Waals surface area contributed by atoms with Gasteiger partial charge in [-0.25, -0.2) is 0 Å². The summed E-state index contributed by atoms with van der Waals surface area (Å²) in [4.78, 5) is 33.0. The summed E-state index contributed by atoms with van der Waals surface area (Å²) in [5.74, 6) is -1.79. The van der Waals surface area contributed by atoms with Crippen molar-refractivity contribution in [2.24, 2.45) is 0 Å². The van der Waals surface area contributed by atoms with Crippen LogP contribution in [0.15, 0.2) is 0 Å². The third-order valence-electron chi connectivity index (χ3n) is 1.97. The van der Waals surface area contributed by atoms with Crippen molar-refractivity contribution in [3.63, 3.8) is 0 Å². The van der Waals surface area contributed by atoms with Gasteiger partial charge in [0.05, 0.1) is 12.5 Å². The predicted molar refractivity (Wildman–Crippen MR) is 65.8 cm³/mol. The number of carboxylic acid groups (broad SMARTS) is 1. The number of nitrogens with one attached hydrogen (secondary N) is 2. The van der Waals surface area contributed by atoms with Gasteiger partial charge in [0.15, 0.2) is 0 Å². The molecule has 0 aromatic heterocycles. The molecule has 1 atom stereocenters. The quantitative estimate of drug-likeness (QED) is 0.505. The molecule has 0 saturated carbocycles. The second-order valence-corrected chi connectivity index (χ2v) is 4.34. The minimum atomic E-state index is -1.04. The molecule has 18 heavy (non-hydrogen) atoms. The number of hydrogen-bond donors (Lipinski definition) is 3. The van der Waals surface area contributed by atoms with Crippen LogP contribution in [0.25, 0.3) is 0 Å². The monoisotopic (exact) mass is 273 g/mol. The Morgan fingerprint density at radius 1 is 1.33 bits per heavy atom. The second kappa shape index (κ2) is 9.30. The molecule has 0 aliphatic rings. The van der Waals surface area contributed by atoms with E-state index >= 15 is 0 Å².